The van der Waals surface area contributed by atoms with Crippen molar-refractivity contribution in [1.29, 1.82) is 0 Å². The number of halogens is 1. The Balaban J connectivity index is 1.29. The molecular formula is C27H37FN4O2S. The van der Waals surface area contributed by atoms with Crippen LogP contribution >= 0.6 is 0 Å². The number of hydrogen-bond acceptors (Lipinski definition) is 5. The second kappa shape index (κ2) is 9.81. The van der Waals surface area contributed by atoms with Crippen molar-refractivity contribution >= 4 is 15.7 Å². The van der Waals surface area contributed by atoms with Crippen LogP contribution in [-0.4, -0.2) is 87.7 Å². The third-order valence-electron chi connectivity index (χ3n) is 8.27. The molecule has 1 unspecified atom stereocenters. The predicted octanol–water partition coefficient (Wildman–Crippen LogP) is 3.31. The Bertz CT molecular complexity index is 1150. The van der Waals surface area contributed by atoms with Crippen LogP contribution in [0.3, 0.4) is 0 Å². The molecule has 3 aliphatic rings. The molecular weight excluding hydrogens is 463 g/mol. The molecule has 2 aliphatic heterocycles. The molecule has 190 valence electrons. The van der Waals surface area contributed by atoms with Gasteiger partial charge >= 0.3 is 0 Å². The van der Waals surface area contributed by atoms with Crippen molar-refractivity contribution in [3.05, 3.63) is 65.0 Å². The molecule has 8 heteroatoms. The molecule has 0 radical (unpaired) electrons. The van der Waals surface area contributed by atoms with E-state index in [9.17, 15) is 12.8 Å². The van der Waals surface area contributed by atoms with Gasteiger partial charge < -0.3 is 9.80 Å². The van der Waals surface area contributed by atoms with E-state index in [0.29, 0.717) is 38.1 Å². The highest BCUT2D eigenvalue weighted by Crippen LogP contribution is 2.42. The molecule has 3 atom stereocenters. The van der Waals surface area contributed by atoms with Gasteiger partial charge in [-0.3, -0.25) is 4.90 Å². The van der Waals surface area contributed by atoms with Gasteiger partial charge in [0, 0.05) is 68.5 Å². The monoisotopic (exact) mass is 500 g/mol. The van der Waals surface area contributed by atoms with Gasteiger partial charge in [0.25, 0.3) is 0 Å². The Morgan fingerprint density at radius 1 is 1.00 bits per heavy atom. The molecule has 2 heterocycles. The summed E-state index contributed by atoms with van der Waals surface area (Å²) < 4.78 is 40.7. The van der Waals surface area contributed by atoms with E-state index < -0.39 is 10.0 Å². The van der Waals surface area contributed by atoms with Crippen LogP contribution in [0.4, 0.5) is 10.1 Å². The van der Waals surface area contributed by atoms with Gasteiger partial charge in [-0.2, -0.15) is 4.31 Å². The van der Waals surface area contributed by atoms with E-state index in [0.717, 1.165) is 42.7 Å². The number of rotatable bonds is 6. The molecule has 0 aromatic heterocycles. The zero-order valence-electron chi connectivity index (χ0n) is 21.0. The lowest BCUT2D eigenvalue weighted by Crippen LogP contribution is -2.49. The summed E-state index contributed by atoms with van der Waals surface area (Å²) in [7, 11) is 1.16. The predicted molar refractivity (Wildman–Crippen MR) is 139 cm³/mol. The minimum Gasteiger partial charge on any atom is -0.369 e. The summed E-state index contributed by atoms with van der Waals surface area (Å²) in [4.78, 5) is 7.07. The van der Waals surface area contributed by atoms with Crippen LogP contribution in [0.5, 0.6) is 0 Å². The first-order chi connectivity index (χ1) is 16.8. The molecule has 6 nitrogen and oxygen atoms in total. The molecule has 0 bridgehead atoms. The van der Waals surface area contributed by atoms with E-state index in [1.807, 2.05) is 6.07 Å². The van der Waals surface area contributed by atoms with Crippen molar-refractivity contribution < 1.29 is 12.8 Å². The molecule has 0 amide bonds. The standard InChI is InChI=1S/C27H37FN4O2S/c1-4-35(33,34)32-16-14-30(15-17-32)22-11-8-20(9-12-22)23-18-31(19-26(23)29(2)3)25-13-10-21-6-5-7-24(28)27(21)25/h5-9,11-12,23,25-26H,4,10,13-19H2,1-3H3/t23-,25?,26+/m1/s1. The lowest BCUT2D eigenvalue weighted by Gasteiger charge is -2.35. The third kappa shape index (κ3) is 4.73. The number of hydrogen-bond donors (Lipinski definition) is 0. The minimum atomic E-state index is -3.12. The van der Waals surface area contributed by atoms with Crippen molar-refractivity contribution in [2.45, 2.75) is 37.8 Å². The normalized spacial score (nSPS) is 26.0. The first-order valence-electron chi connectivity index (χ1n) is 12.8. The molecule has 0 spiro atoms. The second-order valence-electron chi connectivity index (χ2n) is 10.3. The first kappa shape index (κ1) is 24.7. The van der Waals surface area contributed by atoms with E-state index in [1.165, 1.54) is 5.56 Å². The highest BCUT2D eigenvalue weighted by molar-refractivity contribution is 7.89. The number of nitrogens with zero attached hydrogens (tertiary/aromatic N) is 4. The van der Waals surface area contributed by atoms with Gasteiger partial charge in [0.15, 0.2) is 0 Å². The molecule has 0 N–H and O–H groups in total. The van der Waals surface area contributed by atoms with Crippen LogP contribution in [0.1, 0.15) is 42.0 Å². The van der Waals surface area contributed by atoms with Crippen molar-refractivity contribution in [3.63, 3.8) is 0 Å². The molecule has 2 aromatic rings. The van der Waals surface area contributed by atoms with E-state index in [2.05, 4.69) is 59.1 Å². The summed E-state index contributed by atoms with van der Waals surface area (Å²) in [5.74, 6) is 0.458. The number of aryl methyl sites for hydroxylation is 1. The molecule has 2 saturated heterocycles. The fourth-order valence-corrected chi connectivity index (χ4v) is 7.32. The molecule has 2 aromatic carbocycles. The fourth-order valence-electron chi connectivity index (χ4n) is 6.24. The molecule has 1 aliphatic carbocycles. The summed E-state index contributed by atoms with van der Waals surface area (Å²) in [5, 5.41) is 0. The van der Waals surface area contributed by atoms with Gasteiger partial charge in [0.2, 0.25) is 10.0 Å². The van der Waals surface area contributed by atoms with Crippen LogP contribution < -0.4 is 4.90 Å². The lowest BCUT2D eigenvalue weighted by atomic mass is 9.93. The van der Waals surface area contributed by atoms with Crippen molar-refractivity contribution in [1.82, 2.24) is 14.1 Å². The highest BCUT2D eigenvalue weighted by atomic mass is 32.2. The quantitative estimate of drug-likeness (QED) is 0.609. The number of piperazine rings is 1. The van der Waals surface area contributed by atoms with E-state index in [4.69, 9.17) is 0 Å². The maximum atomic E-state index is 14.7. The average Bonchev–Trinajstić information content (AvgIpc) is 3.50. The largest absolute Gasteiger partial charge is 0.369 e. The second-order valence-corrected chi connectivity index (χ2v) is 12.6. The summed E-state index contributed by atoms with van der Waals surface area (Å²) >= 11 is 0. The SMILES string of the molecule is CCS(=O)(=O)N1CCN(c2ccc([C@H]3CN(C4CCc5cccc(F)c54)C[C@@H]3N(C)C)cc2)CC1. The van der Waals surface area contributed by atoms with Gasteiger partial charge in [-0.05, 0) is 63.2 Å². The Labute approximate surface area is 209 Å². The van der Waals surface area contributed by atoms with Crippen molar-refractivity contribution in [2.75, 3.05) is 64.0 Å². The van der Waals surface area contributed by atoms with Gasteiger partial charge in [-0.25, -0.2) is 12.8 Å². The van der Waals surface area contributed by atoms with Gasteiger partial charge in [0.05, 0.1) is 5.75 Å². The maximum absolute atomic E-state index is 14.7. The Morgan fingerprint density at radius 2 is 1.71 bits per heavy atom. The number of anilines is 1. The van der Waals surface area contributed by atoms with Gasteiger partial charge in [-0.1, -0.05) is 24.3 Å². The lowest BCUT2D eigenvalue weighted by molar-refractivity contribution is 0.213. The van der Waals surface area contributed by atoms with Crippen molar-refractivity contribution in [3.8, 4) is 0 Å². The third-order valence-corrected chi connectivity index (χ3v) is 10.1. The van der Waals surface area contributed by atoms with Gasteiger partial charge in [0.1, 0.15) is 5.82 Å². The molecule has 2 fully saturated rings. The Hall–Kier alpha value is -2.00. The molecule has 35 heavy (non-hydrogen) atoms. The van der Waals surface area contributed by atoms with Crippen LogP contribution in [-0.2, 0) is 16.4 Å². The molecule has 0 saturated carbocycles. The fraction of sp³-hybridized carbons (Fsp3) is 0.556. The van der Waals surface area contributed by atoms with Crippen LogP contribution in [0.25, 0.3) is 0 Å². The van der Waals surface area contributed by atoms with Crippen LogP contribution in [0.15, 0.2) is 42.5 Å². The van der Waals surface area contributed by atoms with Gasteiger partial charge in [-0.15, -0.1) is 0 Å². The number of fused-ring (bicyclic) bond motifs is 1. The van der Waals surface area contributed by atoms with E-state index in [-0.39, 0.29) is 17.6 Å². The van der Waals surface area contributed by atoms with E-state index in [1.54, 1.807) is 17.3 Å². The van der Waals surface area contributed by atoms with E-state index >= 15 is 0 Å². The maximum Gasteiger partial charge on any atom is 0.213 e. The average molecular weight is 501 g/mol. The van der Waals surface area contributed by atoms with Crippen molar-refractivity contribution in [2.24, 2.45) is 0 Å². The topological polar surface area (TPSA) is 47.1 Å². The number of benzene rings is 2. The Kier molecular flexibility index (Phi) is 6.92. The minimum absolute atomic E-state index is 0.0639. The summed E-state index contributed by atoms with van der Waals surface area (Å²) in [6.07, 6.45) is 1.94. The zero-order chi connectivity index (χ0) is 24.7. The number of sulfonamides is 1. The smallest absolute Gasteiger partial charge is 0.213 e. The van der Waals surface area contributed by atoms with Crippen LogP contribution in [0, 0.1) is 5.82 Å². The number of likely N-dealkylation sites (tertiary alicyclic amines) is 1. The molecule has 5 rings (SSSR count). The highest BCUT2D eigenvalue weighted by Gasteiger charge is 2.41. The summed E-state index contributed by atoms with van der Waals surface area (Å²) in [6.45, 7) is 6.06. The Morgan fingerprint density at radius 3 is 2.37 bits per heavy atom. The van der Waals surface area contributed by atoms with Crippen LogP contribution in [0.2, 0.25) is 0 Å². The number of likely N-dealkylation sites (N-methyl/N-ethyl adjacent to an activating group) is 1. The summed E-state index contributed by atoms with van der Waals surface area (Å²) in [5.41, 5.74) is 4.53. The first-order valence-corrected chi connectivity index (χ1v) is 14.4. The zero-order valence-corrected chi connectivity index (χ0v) is 21.8. The summed E-state index contributed by atoms with van der Waals surface area (Å²) in [6, 6.07) is 14.9.